The van der Waals surface area contributed by atoms with Crippen molar-refractivity contribution in [2.24, 2.45) is 0 Å². The van der Waals surface area contributed by atoms with Crippen LogP contribution in [0.5, 0.6) is 5.75 Å². The SMILES string of the molecule is C=CCOc1ccc(-c2ccc(-c3ccc(C#CCCCC(C)F)cc3)nc2)cc1. The molecule has 3 rings (SSSR count). The highest BCUT2D eigenvalue weighted by Crippen LogP contribution is 2.24. The number of rotatable bonds is 8. The highest BCUT2D eigenvalue weighted by molar-refractivity contribution is 5.67. The summed E-state index contributed by atoms with van der Waals surface area (Å²) in [6.45, 7) is 5.74. The van der Waals surface area contributed by atoms with Crippen molar-refractivity contribution in [2.45, 2.75) is 32.4 Å². The number of aromatic nitrogens is 1. The Kier molecular flexibility index (Phi) is 7.80. The van der Waals surface area contributed by atoms with Gasteiger partial charge < -0.3 is 4.74 Å². The first-order valence-corrected chi connectivity index (χ1v) is 10.2. The number of hydrogen-bond donors (Lipinski definition) is 0. The van der Waals surface area contributed by atoms with Gasteiger partial charge >= 0.3 is 0 Å². The van der Waals surface area contributed by atoms with Crippen LogP contribution in [0.25, 0.3) is 22.4 Å². The molecular weight excluding hydrogens is 373 g/mol. The number of unbranched alkanes of at least 4 members (excludes halogenated alkanes) is 1. The topological polar surface area (TPSA) is 22.1 Å². The van der Waals surface area contributed by atoms with Crippen LogP contribution in [0.2, 0.25) is 0 Å². The number of ether oxygens (including phenoxy) is 1. The number of benzene rings is 2. The molecule has 1 aromatic heterocycles. The molecule has 0 aliphatic rings. The van der Waals surface area contributed by atoms with E-state index in [1.165, 1.54) is 0 Å². The summed E-state index contributed by atoms with van der Waals surface area (Å²) in [4.78, 5) is 4.61. The van der Waals surface area contributed by atoms with Gasteiger partial charge in [-0.1, -0.05) is 54.8 Å². The smallest absolute Gasteiger partial charge is 0.119 e. The number of nitrogens with zero attached hydrogens (tertiary/aromatic N) is 1. The second-order valence-corrected chi connectivity index (χ2v) is 7.11. The van der Waals surface area contributed by atoms with Crippen LogP contribution in [0.3, 0.4) is 0 Å². The molecule has 30 heavy (non-hydrogen) atoms. The fourth-order valence-corrected chi connectivity index (χ4v) is 2.99. The van der Waals surface area contributed by atoms with E-state index in [4.69, 9.17) is 4.74 Å². The molecule has 152 valence electrons. The van der Waals surface area contributed by atoms with Crippen molar-refractivity contribution in [2.75, 3.05) is 6.61 Å². The van der Waals surface area contributed by atoms with Crippen LogP contribution in [0.1, 0.15) is 31.7 Å². The Balaban J connectivity index is 1.62. The first-order valence-electron chi connectivity index (χ1n) is 10.2. The maximum absolute atomic E-state index is 12.8. The van der Waals surface area contributed by atoms with Crippen LogP contribution in [-0.4, -0.2) is 17.8 Å². The Morgan fingerprint density at radius 1 is 1.00 bits per heavy atom. The Labute approximate surface area is 178 Å². The summed E-state index contributed by atoms with van der Waals surface area (Å²) in [5.74, 6) is 7.07. The van der Waals surface area contributed by atoms with Crippen molar-refractivity contribution in [3.63, 3.8) is 0 Å². The molecule has 0 saturated carbocycles. The molecule has 0 bridgehead atoms. The molecule has 0 fully saturated rings. The molecule has 0 aliphatic carbocycles. The van der Waals surface area contributed by atoms with Crippen LogP contribution in [0, 0.1) is 11.8 Å². The third-order valence-corrected chi connectivity index (χ3v) is 4.64. The Morgan fingerprint density at radius 3 is 2.33 bits per heavy atom. The Hall–Kier alpha value is -3.38. The summed E-state index contributed by atoms with van der Waals surface area (Å²) in [6, 6.07) is 20.1. The lowest BCUT2D eigenvalue weighted by molar-refractivity contribution is 0.336. The molecular formula is C27H26FNO. The van der Waals surface area contributed by atoms with Crippen molar-refractivity contribution < 1.29 is 9.13 Å². The number of alkyl halides is 1. The van der Waals surface area contributed by atoms with Gasteiger partial charge in [-0.25, -0.2) is 4.39 Å². The first-order chi connectivity index (χ1) is 14.7. The second-order valence-electron chi connectivity index (χ2n) is 7.11. The summed E-state index contributed by atoms with van der Waals surface area (Å²) in [7, 11) is 0. The lowest BCUT2D eigenvalue weighted by Crippen LogP contribution is -1.92. The lowest BCUT2D eigenvalue weighted by Gasteiger charge is -2.06. The molecule has 0 radical (unpaired) electrons. The minimum absolute atomic E-state index is 0.498. The van der Waals surface area contributed by atoms with Crippen molar-refractivity contribution >= 4 is 0 Å². The summed E-state index contributed by atoms with van der Waals surface area (Å²) in [5.41, 5.74) is 5.07. The first kappa shape index (κ1) is 21.3. The highest BCUT2D eigenvalue weighted by Gasteiger charge is 2.03. The number of hydrogen-bond acceptors (Lipinski definition) is 2. The molecule has 1 unspecified atom stereocenters. The van der Waals surface area contributed by atoms with Gasteiger partial charge in [-0.2, -0.15) is 0 Å². The molecule has 3 aromatic rings. The normalized spacial score (nSPS) is 11.3. The average Bonchev–Trinajstić information content (AvgIpc) is 2.78. The largest absolute Gasteiger partial charge is 0.490 e. The third-order valence-electron chi connectivity index (χ3n) is 4.64. The van der Waals surface area contributed by atoms with E-state index in [9.17, 15) is 4.39 Å². The maximum Gasteiger partial charge on any atom is 0.119 e. The molecule has 0 N–H and O–H groups in total. The average molecular weight is 400 g/mol. The van der Waals surface area contributed by atoms with Crippen molar-refractivity contribution in [3.05, 3.63) is 85.1 Å². The molecule has 3 heteroatoms. The summed E-state index contributed by atoms with van der Waals surface area (Å²) >= 11 is 0. The van der Waals surface area contributed by atoms with Gasteiger partial charge in [0.15, 0.2) is 0 Å². The van der Waals surface area contributed by atoms with Gasteiger partial charge in [-0.05, 0) is 55.7 Å². The standard InChI is InChI=1S/C27H26FNO/c1-3-19-30-26-16-13-23(14-17-26)25-15-18-27(29-20-25)24-11-9-22(10-12-24)8-6-4-5-7-21(2)28/h3,9-18,20-21H,1,4-5,7,19H2,2H3. The second kappa shape index (κ2) is 11.0. The van der Waals surface area contributed by atoms with E-state index in [0.29, 0.717) is 13.0 Å². The van der Waals surface area contributed by atoms with Gasteiger partial charge in [0, 0.05) is 29.3 Å². The predicted octanol–water partition coefficient (Wildman–Crippen LogP) is 6.86. The van der Waals surface area contributed by atoms with Crippen molar-refractivity contribution in [1.82, 2.24) is 4.98 Å². The third kappa shape index (κ3) is 6.32. The summed E-state index contributed by atoms with van der Waals surface area (Å²) in [6.07, 6.45) is 4.95. The summed E-state index contributed by atoms with van der Waals surface area (Å²) in [5, 5.41) is 0. The van der Waals surface area contributed by atoms with E-state index < -0.39 is 6.17 Å². The minimum Gasteiger partial charge on any atom is -0.490 e. The van der Waals surface area contributed by atoms with E-state index in [1.54, 1.807) is 13.0 Å². The molecule has 0 saturated heterocycles. The van der Waals surface area contributed by atoms with Crippen molar-refractivity contribution in [1.29, 1.82) is 0 Å². The molecule has 1 heterocycles. The lowest BCUT2D eigenvalue weighted by atomic mass is 10.0. The molecule has 1 atom stereocenters. The minimum atomic E-state index is -0.749. The Morgan fingerprint density at radius 2 is 1.70 bits per heavy atom. The van der Waals surface area contributed by atoms with E-state index in [1.807, 2.05) is 60.8 Å². The van der Waals surface area contributed by atoms with E-state index in [2.05, 4.69) is 29.5 Å². The number of halogens is 1. The zero-order valence-electron chi connectivity index (χ0n) is 17.3. The van der Waals surface area contributed by atoms with Crippen LogP contribution in [0.15, 0.2) is 79.5 Å². The van der Waals surface area contributed by atoms with E-state index in [-0.39, 0.29) is 0 Å². The molecule has 0 spiro atoms. The highest BCUT2D eigenvalue weighted by atomic mass is 19.1. The molecule has 2 nitrogen and oxygen atoms in total. The fraction of sp³-hybridized carbons (Fsp3) is 0.222. The zero-order valence-corrected chi connectivity index (χ0v) is 17.3. The zero-order chi connectivity index (χ0) is 21.2. The van der Waals surface area contributed by atoms with Gasteiger partial charge in [0.25, 0.3) is 0 Å². The fourth-order valence-electron chi connectivity index (χ4n) is 2.99. The monoisotopic (exact) mass is 399 g/mol. The quantitative estimate of drug-likeness (QED) is 0.234. The molecule has 0 amide bonds. The summed E-state index contributed by atoms with van der Waals surface area (Å²) < 4.78 is 18.3. The van der Waals surface area contributed by atoms with Gasteiger partial charge in [-0.15, -0.1) is 0 Å². The maximum atomic E-state index is 12.8. The van der Waals surface area contributed by atoms with E-state index in [0.717, 1.165) is 46.5 Å². The van der Waals surface area contributed by atoms with E-state index >= 15 is 0 Å². The Bertz CT molecular complexity index is 994. The van der Waals surface area contributed by atoms with Crippen molar-refractivity contribution in [3.8, 4) is 40.0 Å². The molecule has 0 aliphatic heterocycles. The van der Waals surface area contributed by atoms with Gasteiger partial charge in [-0.3, -0.25) is 4.98 Å². The van der Waals surface area contributed by atoms with Crippen LogP contribution in [0.4, 0.5) is 4.39 Å². The van der Waals surface area contributed by atoms with Gasteiger partial charge in [0.2, 0.25) is 0 Å². The van der Waals surface area contributed by atoms with Gasteiger partial charge in [0.1, 0.15) is 12.4 Å². The van der Waals surface area contributed by atoms with Crippen LogP contribution in [-0.2, 0) is 0 Å². The predicted molar refractivity (Wildman–Crippen MR) is 122 cm³/mol. The molecule has 2 aromatic carbocycles. The number of pyridine rings is 1. The van der Waals surface area contributed by atoms with Crippen LogP contribution >= 0.6 is 0 Å². The van der Waals surface area contributed by atoms with Gasteiger partial charge in [0.05, 0.1) is 11.9 Å². The van der Waals surface area contributed by atoms with Crippen LogP contribution < -0.4 is 4.74 Å².